The number of hydrogen-bond acceptors (Lipinski definition) is 2. The summed E-state index contributed by atoms with van der Waals surface area (Å²) in [6, 6.07) is 0.914. The zero-order valence-corrected chi connectivity index (χ0v) is 9.17. The van der Waals surface area contributed by atoms with Gasteiger partial charge in [0.25, 0.3) is 0 Å². The Labute approximate surface area is 86.6 Å². The Bertz CT molecular complexity index is 208. The van der Waals surface area contributed by atoms with Gasteiger partial charge in [0.1, 0.15) is 0 Å². The quantitative estimate of drug-likeness (QED) is 0.633. The van der Waals surface area contributed by atoms with Gasteiger partial charge in [-0.2, -0.15) is 0 Å². The summed E-state index contributed by atoms with van der Waals surface area (Å²) >= 11 is 0. The molecule has 2 saturated heterocycles. The maximum absolute atomic E-state index is 5.31. The number of likely N-dealkylation sites (tertiary alicyclic amines) is 1. The molecule has 0 aromatic rings. The van der Waals surface area contributed by atoms with Crippen molar-refractivity contribution in [2.45, 2.75) is 38.6 Å². The summed E-state index contributed by atoms with van der Waals surface area (Å²) < 4.78 is 5.31. The molecular formula is C12H21NO. The standard InChI is InChI=1S/C12H21NO/c1-10-2-4-11(5-3-10)13-6-12(7-13)8-14-9-12/h10-11H,2-9H2,1H3/t10-,11+. The van der Waals surface area contributed by atoms with Gasteiger partial charge in [-0.3, -0.25) is 4.90 Å². The van der Waals surface area contributed by atoms with Gasteiger partial charge in [-0.1, -0.05) is 6.92 Å². The van der Waals surface area contributed by atoms with Crippen molar-refractivity contribution in [3.63, 3.8) is 0 Å². The molecule has 2 nitrogen and oxygen atoms in total. The SMILES string of the molecule is C[C@H]1CC[C@@H](N2CC3(COC3)C2)CC1. The summed E-state index contributed by atoms with van der Waals surface area (Å²) in [6.07, 6.45) is 5.78. The van der Waals surface area contributed by atoms with Gasteiger partial charge in [0, 0.05) is 24.5 Å². The van der Waals surface area contributed by atoms with Crippen LogP contribution in [0.4, 0.5) is 0 Å². The van der Waals surface area contributed by atoms with Crippen LogP contribution in [-0.2, 0) is 4.74 Å². The Kier molecular flexibility index (Phi) is 2.10. The first kappa shape index (κ1) is 9.17. The van der Waals surface area contributed by atoms with E-state index < -0.39 is 0 Å². The van der Waals surface area contributed by atoms with E-state index in [2.05, 4.69) is 11.8 Å². The lowest BCUT2D eigenvalue weighted by molar-refractivity contribution is -0.200. The molecule has 0 N–H and O–H groups in total. The molecule has 0 amide bonds. The van der Waals surface area contributed by atoms with Gasteiger partial charge in [-0.15, -0.1) is 0 Å². The molecule has 80 valence electrons. The molecule has 14 heavy (non-hydrogen) atoms. The van der Waals surface area contributed by atoms with E-state index in [0.29, 0.717) is 5.41 Å². The van der Waals surface area contributed by atoms with E-state index in [0.717, 1.165) is 25.2 Å². The molecule has 2 heterocycles. The highest BCUT2D eigenvalue weighted by atomic mass is 16.5. The lowest BCUT2D eigenvalue weighted by Gasteiger charge is -2.58. The van der Waals surface area contributed by atoms with Crippen LogP contribution >= 0.6 is 0 Å². The topological polar surface area (TPSA) is 12.5 Å². The first-order chi connectivity index (χ1) is 6.77. The van der Waals surface area contributed by atoms with Crippen LogP contribution in [0, 0.1) is 11.3 Å². The predicted octanol–water partition coefficient (Wildman–Crippen LogP) is 1.90. The normalized spacial score (nSPS) is 41.8. The first-order valence-corrected chi connectivity index (χ1v) is 6.09. The van der Waals surface area contributed by atoms with Crippen molar-refractivity contribution in [2.75, 3.05) is 26.3 Å². The van der Waals surface area contributed by atoms with E-state index in [-0.39, 0.29) is 0 Å². The molecule has 2 aliphatic heterocycles. The van der Waals surface area contributed by atoms with Gasteiger partial charge in [0.05, 0.1) is 13.2 Å². The predicted molar refractivity (Wildman–Crippen MR) is 56.2 cm³/mol. The van der Waals surface area contributed by atoms with Crippen LogP contribution in [0.25, 0.3) is 0 Å². The fraction of sp³-hybridized carbons (Fsp3) is 1.00. The Morgan fingerprint density at radius 2 is 1.71 bits per heavy atom. The second kappa shape index (κ2) is 3.21. The molecule has 1 aliphatic carbocycles. The van der Waals surface area contributed by atoms with Crippen LogP contribution in [0.3, 0.4) is 0 Å². The molecule has 1 saturated carbocycles. The Morgan fingerprint density at radius 3 is 2.21 bits per heavy atom. The van der Waals surface area contributed by atoms with Crippen LogP contribution in [0.1, 0.15) is 32.6 Å². The molecule has 1 spiro atoms. The number of rotatable bonds is 1. The lowest BCUT2D eigenvalue weighted by Crippen LogP contribution is -2.68. The van der Waals surface area contributed by atoms with Crippen molar-refractivity contribution < 1.29 is 4.74 Å². The largest absolute Gasteiger partial charge is 0.380 e. The first-order valence-electron chi connectivity index (χ1n) is 6.09. The average molecular weight is 195 g/mol. The average Bonchev–Trinajstić information content (AvgIpc) is 2.03. The molecule has 3 fully saturated rings. The lowest BCUT2D eigenvalue weighted by atomic mass is 9.75. The minimum absolute atomic E-state index is 0.614. The van der Waals surface area contributed by atoms with E-state index in [9.17, 15) is 0 Å². The van der Waals surface area contributed by atoms with E-state index in [4.69, 9.17) is 4.74 Å². The maximum atomic E-state index is 5.31. The second-order valence-electron chi connectivity index (χ2n) is 5.81. The second-order valence-corrected chi connectivity index (χ2v) is 5.81. The molecule has 0 aromatic heterocycles. The summed E-state index contributed by atoms with van der Waals surface area (Å²) in [6.45, 7) is 7.12. The minimum Gasteiger partial charge on any atom is -0.380 e. The van der Waals surface area contributed by atoms with Crippen molar-refractivity contribution in [3.8, 4) is 0 Å². The van der Waals surface area contributed by atoms with Crippen molar-refractivity contribution in [1.29, 1.82) is 0 Å². The van der Waals surface area contributed by atoms with Crippen LogP contribution in [0.15, 0.2) is 0 Å². The zero-order chi connectivity index (χ0) is 9.60. The Morgan fingerprint density at radius 1 is 1.07 bits per heavy atom. The van der Waals surface area contributed by atoms with E-state index in [1.54, 1.807) is 0 Å². The summed E-state index contributed by atoms with van der Waals surface area (Å²) in [5.41, 5.74) is 0.614. The highest BCUT2D eigenvalue weighted by Gasteiger charge is 2.50. The third kappa shape index (κ3) is 1.40. The van der Waals surface area contributed by atoms with E-state index in [1.165, 1.54) is 38.8 Å². The minimum atomic E-state index is 0.614. The summed E-state index contributed by atoms with van der Waals surface area (Å²) in [4.78, 5) is 2.70. The van der Waals surface area contributed by atoms with Gasteiger partial charge >= 0.3 is 0 Å². The molecule has 0 bridgehead atoms. The smallest absolute Gasteiger partial charge is 0.0569 e. The zero-order valence-electron chi connectivity index (χ0n) is 9.17. The molecule has 0 atom stereocenters. The number of hydrogen-bond donors (Lipinski definition) is 0. The molecule has 0 aromatic carbocycles. The maximum Gasteiger partial charge on any atom is 0.0569 e. The summed E-state index contributed by atoms with van der Waals surface area (Å²) in [5, 5.41) is 0. The molecule has 3 rings (SSSR count). The Hall–Kier alpha value is -0.0800. The summed E-state index contributed by atoms with van der Waals surface area (Å²) in [7, 11) is 0. The molecule has 0 unspecified atom stereocenters. The molecular weight excluding hydrogens is 174 g/mol. The third-order valence-corrected chi connectivity index (χ3v) is 4.40. The van der Waals surface area contributed by atoms with Gasteiger partial charge in [-0.25, -0.2) is 0 Å². The van der Waals surface area contributed by atoms with Crippen molar-refractivity contribution in [2.24, 2.45) is 11.3 Å². The fourth-order valence-electron chi connectivity index (χ4n) is 3.25. The van der Waals surface area contributed by atoms with Crippen molar-refractivity contribution in [1.82, 2.24) is 4.90 Å². The van der Waals surface area contributed by atoms with Gasteiger partial charge in [0.2, 0.25) is 0 Å². The Balaban J connectivity index is 1.49. The number of nitrogens with zero attached hydrogens (tertiary/aromatic N) is 1. The molecule has 2 heteroatoms. The molecule has 0 radical (unpaired) electrons. The number of ether oxygens (including phenoxy) is 1. The van der Waals surface area contributed by atoms with Crippen LogP contribution in [0.5, 0.6) is 0 Å². The van der Waals surface area contributed by atoms with E-state index >= 15 is 0 Å². The highest BCUT2D eigenvalue weighted by Crippen LogP contribution is 2.41. The van der Waals surface area contributed by atoms with Crippen molar-refractivity contribution in [3.05, 3.63) is 0 Å². The fourth-order valence-corrected chi connectivity index (χ4v) is 3.25. The van der Waals surface area contributed by atoms with Gasteiger partial charge in [0.15, 0.2) is 0 Å². The van der Waals surface area contributed by atoms with Gasteiger partial charge < -0.3 is 4.74 Å². The van der Waals surface area contributed by atoms with Crippen molar-refractivity contribution >= 4 is 0 Å². The van der Waals surface area contributed by atoms with E-state index in [1.807, 2.05) is 0 Å². The summed E-state index contributed by atoms with van der Waals surface area (Å²) in [5.74, 6) is 0.980. The van der Waals surface area contributed by atoms with Gasteiger partial charge in [-0.05, 0) is 31.6 Å². The molecule has 3 aliphatic rings. The monoisotopic (exact) mass is 195 g/mol. The van der Waals surface area contributed by atoms with Crippen LogP contribution in [0.2, 0.25) is 0 Å². The third-order valence-electron chi connectivity index (χ3n) is 4.40. The van der Waals surface area contributed by atoms with Crippen LogP contribution < -0.4 is 0 Å². The highest BCUT2D eigenvalue weighted by molar-refractivity contribution is 5.01. The van der Waals surface area contributed by atoms with Crippen LogP contribution in [-0.4, -0.2) is 37.2 Å².